The summed E-state index contributed by atoms with van der Waals surface area (Å²) in [6.07, 6.45) is 2.82. The molecular weight excluding hydrogens is 342 g/mol. The minimum Gasteiger partial charge on any atom is -0.360 e. The van der Waals surface area contributed by atoms with Crippen molar-refractivity contribution in [2.24, 2.45) is 5.92 Å². The van der Waals surface area contributed by atoms with Crippen LogP contribution in [0.15, 0.2) is 6.07 Å². The molecule has 0 spiro atoms. The van der Waals surface area contributed by atoms with E-state index in [9.17, 15) is 9.59 Å². The summed E-state index contributed by atoms with van der Waals surface area (Å²) in [6, 6.07) is 2.45. The highest BCUT2D eigenvalue weighted by molar-refractivity contribution is 5.99. The van der Waals surface area contributed by atoms with Crippen LogP contribution in [0.1, 0.15) is 80.7 Å². The molecule has 1 aromatic rings. The summed E-state index contributed by atoms with van der Waals surface area (Å²) < 4.78 is 0. The molecule has 0 bridgehead atoms. The van der Waals surface area contributed by atoms with Crippen LogP contribution in [-0.2, 0) is 4.79 Å². The summed E-state index contributed by atoms with van der Waals surface area (Å²) in [5.41, 5.74) is 2.82. The summed E-state index contributed by atoms with van der Waals surface area (Å²) in [5.74, 6) is 0.346. The average molecular weight is 374 g/mol. The third-order valence-electron chi connectivity index (χ3n) is 6.52. The van der Waals surface area contributed by atoms with Crippen LogP contribution in [0.5, 0.6) is 0 Å². The van der Waals surface area contributed by atoms with Gasteiger partial charge in [0.25, 0.3) is 5.91 Å². The van der Waals surface area contributed by atoms with Gasteiger partial charge in [-0.15, -0.1) is 0 Å². The lowest BCUT2D eigenvalue weighted by molar-refractivity contribution is -0.134. The highest BCUT2D eigenvalue weighted by Gasteiger charge is 2.45. The van der Waals surface area contributed by atoms with Crippen molar-refractivity contribution in [3.05, 3.63) is 23.0 Å². The van der Waals surface area contributed by atoms with Crippen molar-refractivity contribution in [1.82, 2.24) is 25.8 Å². The second-order valence-electron chi connectivity index (χ2n) is 8.42. The molecule has 2 fully saturated rings. The standard InChI is InChI=1S/C20H31N5O2/c1-5-25(10(2)3)20-23-17-12(7-6-8-13(17)18(26)24-20)15-9-14-16(22-15)11(4)21-19(14)27/h9-13,17,20,22-23H,5-8H2,1-4H3,(H,21,27)(H,24,26)/t11-,12?,13?,17?,20?/m1/s1. The Hall–Kier alpha value is -1.86. The van der Waals surface area contributed by atoms with Crippen molar-refractivity contribution in [2.45, 2.75) is 77.3 Å². The first-order valence-corrected chi connectivity index (χ1v) is 10.3. The summed E-state index contributed by atoms with van der Waals surface area (Å²) in [5, 5.41) is 9.84. The second-order valence-corrected chi connectivity index (χ2v) is 8.42. The first-order chi connectivity index (χ1) is 12.9. The fourth-order valence-corrected chi connectivity index (χ4v) is 5.13. The Kier molecular flexibility index (Phi) is 4.76. The highest BCUT2D eigenvalue weighted by atomic mass is 16.2. The van der Waals surface area contributed by atoms with Gasteiger partial charge in [-0.3, -0.25) is 19.8 Å². The van der Waals surface area contributed by atoms with Crippen LogP contribution in [0.2, 0.25) is 0 Å². The molecule has 2 amide bonds. The van der Waals surface area contributed by atoms with E-state index in [4.69, 9.17) is 0 Å². The quantitative estimate of drug-likeness (QED) is 0.648. The molecule has 0 radical (unpaired) electrons. The number of fused-ring (bicyclic) bond motifs is 2. The number of aromatic nitrogens is 1. The van der Waals surface area contributed by atoms with E-state index in [0.717, 1.165) is 42.8 Å². The SMILES string of the molecule is CCN(C(C)C)C1NC(=O)C2CCCC(c3cc4c([nH]3)[C@@H](C)NC4=O)C2N1. The molecule has 3 aliphatic rings. The van der Waals surface area contributed by atoms with E-state index in [1.807, 2.05) is 13.0 Å². The van der Waals surface area contributed by atoms with E-state index < -0.39 is 0 Å². The van der Waals surface area contributed by atoms with E-state index in [1.165, 1.54) is 0 Å². The number of hydrogen-bond acceptors (Lipinski definition) is 4. The maximum Gasteiger partial charge on any atom is 0.253 e. The van der Waals surface area contributed by atoms with Crippen molar-refractivity contribution in [1.29, 1.82) is 0 Å². The predicted molar refractivity (Wildman–Crippen MR) is 103 cm³/mol. The van der Waals surface area contributed by atoms with Gasteiger partial charge in [0, 0.05) is 23.7 Å². The Morgan fingerprint density at radius 1 is 1.19 bits per heavy atom. The van der Waals surface area contributed by atoms with Gasteiger partial charge in [-0.1, -0.05) is 13.3 Å². The molecule has 1 saturated carbocycles. The lowest BCUT2D eigenvalue weighted by Gasteiger charge is -2.47. The van der Waals surface area contributed by atoms with Gasteiger partial charge < -0.3 is 15.6 Å². The zero-order valence-corrected chi connectivity index (χ0v) is 16.6. The van der Waals surface area contributed by atoms with Crippen LogP contribution in [0.3, 0.4) is 0 Å². The highest BCUT2D eigenvalue weighted by Crippen LogP contribution is 2.40. The Morgan fingerprint density at radius 3 is 2.59 bits per heavy atom. The third-order valence-corrected chi connectivity index (χ3v) is 6.52. The van der Waals surface area contributed by atoms with Crippen molar-refractivity contribution >= 4 is 11.8 Å². The van der Waals surface area contributed by atoms with Crippen LogP contribution in [0.25, 0.3) is 0 Å². The summed E-state index contributed by atoms with van der Waals surface area (Å²) >= 11 is 0. The van der Waals surface area contributed by atoms with Gasteiger partial charge in [0.05, 0.1) is 23.2 Å². The Labute approximate surface area is 160 Å². The van der Waals surface area contributed by atoms with Crippen LogP contribution >= 0.6 is 0 Å². The smallest absolute Gasteiger partial charge is 0.253 e. The fraction of sp³-hybridized carbons (Fsp3) is 0.700. The number of rotatable bonds is 4. The van der Waals surface area contributed by atoms with Gasteiger partial charge >= 0.3 is 0 Å². The second kappa shape index (κ2) is 6.95. The van der Waals surface area contributed by atoms with Crippen LogP contribution < -0.4 is 16.0 Å². The summed E-state index contributed by atoms with van der Waals surface area (Å²) in [6.45, 7) is 9.28. The molecule has 148 valence electrons. The van der Waals surface area contributed by atoms with Gasteiger partial charge in [0.1, 0.15) is 6.29 Å². The third kappa shape index (κ3) is 3.06. The normalized spacial score (nSPS) is 33.0. The maximum atomic E-state index is 12.9. The van der Waals surface area contributed by atoms with Gasteiger partial charge in [0.2, 0.25) is 5.91 Å². The van der Waals surface area contributed by atoms with Crippen LogP contribution in [-0.4, -0.2) is 46.6 Å². The number of nitrogens with zero attached hydrogens (tertiary/aromatic N) is 1. The first-order valence-electron chi connectivity index (χ1n) is 10.3. The van der Waals surface area contributed by atoms with Gasteiger partial charge in [-0.25, -0.2) is 0 Å². The molecule has 1 saturated heterocycles. The summed E-state index contributed by atoms with van der Waals surface area (Å²) in [4.78, 5) is 30.8. The lowest BCUT2D eigenvalue weighted by Crippen LogP contribution is -2.69. The van der Waals surface area contributed by atoms with E-state index >= 15 is 0 Å². The number of carbonyl (C=O) groups excluding carboxylic acids is 2. The number of hydrogen-bond donors (Lipinski definition) is 4. The number of amides is 2. The number of aromatic amines is 1. The molecule has 7 nitrogen and oxygen atoms in total. The molecule has 4 rings (SSSR count). The Morgan fingerprint density at radius 2 is 1.93 bits per heavy atom. The van der Waals surface area contributed by atoms with Crippen LogP contribution in [0, 0.1) is 5.92 Å². The van der Waals surface area contributed by atoms with Gasteiger partial charge in [-0.2, -0.15) is 0 Å². The molecule has 1 aliphatic carbocycles. The predicted octanol–water partition coefficient (Wildman–Crippen LogP) is 1.80. The number of nitrogens with one attached hydrogen (secondary N) is 4. The van der Waals surface area contributed by atoms with Gasteiger partial charge in [-0.05, 0) is 46.2 Å². The molecule has 3 heterocycles. The van der Waals surface area contributed by atoms with Crippen molar-refractivity contribution < 1.29 is 9.59 Å². The van der Waals surface area contributed by atoms with Crippen LogP contribution in [0.4, 0.5) is 0 Å². The largest absolute Gasteiger partial charge is 0.360 e. The molecule has 27 heavy (non-hydrogen) atoms. The topological polar surface area (TPSA) is 89.3 Å². The minimum atomic E-state index is -0.145. The average Bonchev–Trinajstić information content (AvgIpc) is 3.16. The fourth-order valence-electron chi connectivity index (χ4n) is 5.13. The maximum absolute atomic E-state index is 12.9. The number of carbonyl (C=O) groups is 2. The molecule has 2 aliphatic heterocycles. The Bertz CT molecular complexity index is 743. The molecule has 5 atom stereocenters. The monoisotopic (exact) mass is 373 g/mol. The molecule has 4 N–H and O–H groups in total. The Balaban J connectivity index is 1.62. The first kappa shape index (κ1) is 18.5. The minimum absolute atomic E-state index is 0.00320. The van der Waals surface area contributed by atoms with Crippen molar-refractivity contribution in [3.8, 4) is 0 Å². The zero-order valence-electron chi connectivity index (χ0n) is 16.6. The van der Waals surface area contributed by atoms with E-state index in [-0.39, 0.29) is 42.0 Å². The van der Waals surface area contributed by atoms with Crippen molar-refractivity contribution in [3.63, 3.8) is 0 Å². The number of H-pyrrole nitrogens is 1. The van der Waals surface area contributed by atoms with Gasteiger partial charge in [0.15, 0.2) is 0 Å². The van der Waals surface area contributed by atoms with E-state index in [2.05, 4.69) is 46.6 Å². The van der Waals surface area contributed by atoms with E-state index in [0.29, 0.717) is 6.04 Å². The van der Waals surface area contributed by atoms with E-state index in [1.54, 1.807) is 0 Å². The molecule has 0 aromatic carbocycles. The molecule has 4 unspecified atom stereocenters. The molecule has 7 heteroatoms. The summed E-state index contributed by atoms with van der Waals surface area (Å²) in [7, 11) is 0. The molecular formula is C20H31N5O2. The molecule has 1 aromatic heterocycles. The lowest BCUT2D eigenvalue weighted by atomic mass is 9.74. The zero-order chi connectivity index (χ0) is 19.3. The van der Waals surface area contributed by atoms with Crippen molar-refractivity contribution in [2.75, 3.05) is 6.54 Å².